The van der Waals surface area contributed by atoms with Gasteiger partial charge in [0.1, 0.15) is 0 Å². The molecule has 5 heteroatoms. The number of hydrogen-bond donors (Lipinski definition) is 2. The Morgan fingerprint density at radius 2 is 1.88 bits per heavy atom. The summed E-state index contributed by atoms with van der Waals surface area (Å²) in [6.07, 6.45) is 0. The summed E-state index contributed by atoms with van der Waals surface area (Å²) in [5.74, 6) is 0.366. The van der Waals surface area contributed by atoms with Crippen LogP contribution in [0.25, 0.3) is 0 Å². The zero-order valence-electron chi connectivity index (χ0n) is 9.60. The van der Waals surface area contributed by atoms with Gasteiger partial charge >= 0.3 is 0 Å². The van der Waals surface area contributed by atoms with Gasteiger partial charge in [-0.2, -0.15) is 0 Å². The van der Waals surface area contributed by atoms with Gasteiger partial charge < -0.3 is 5.73 Å². The van der Waals surface area contributed by atoms with E-state index in [1.54, 1.807) is 19.1 Å². The molecule has 0 saturated heterocycles. The molecule has 0 saturated carbocycles. The first kappa shape index (κ1) is 13.0. The highest BCUT2D eigenvalue weighted by Crippen LogP contribution is 2.17. The molecule has 1 rings (SSSR count). The van der Waals surface area contributed by atoms with Crippen LogP contribution in [0.15, 0.2) is 24.3 Å². The van der Waals surface area contributed by atoms with Crippen LogP contribution in [-0.4, -0.2) is 20.7 Å². The van der Waals surface area contributed by atoms with Gasteiger partial charge in [-0.1, -0.05) is 19.1 Å². The minimum absolute atomic E-state index is 0.0773. The maximum atomic E-state index is 11.3. The third kappa shape index (κ3) is 3.50. The van der Waals surface area contributed by atoms with Gasteiger partial charge in [0.2, 0.25) is 10.0 Å². The van der Waals surface area contributed by atoms with Crippen LogP contribution in [0.4, 0.5) is 5.69 Å². The van der Waals surface area contributed by atoms with E-state index in [4.69, 9.17) is 5.73 Å². The molecule has 1 aromatic carbocycles. The summed E-state index contributed by atoms with van der Waals surface area (Å²) < 4.78 is 25.1. The fraction of sp³-hybridized carbons (Fsp3) is 0.455. The van der Waals surface area contributed by atoms with Crippen LogP contribution in [-0.2, 0) is 10.0 Å². The van der Waals surface area contributed by atoms with E-state index in [9.17, 15) is 8.42 Å². The number of benzene rings is 1. The minimum Gasteiger partial charge on any atom is -0.330 e. The van der Waals surface area contributed by atoms with Crippen LogP contribution in [0, 0.1) is 0 Å². The number of nitrogens with two attached hydrogens (primary N) is 1. The summed E-state index contributed by atoms with van der Waals surface area (Å²) in [7, 11) is -3.19. The van der Waals surface area contributed by atoms with Crippen molar-refractivity contribution < 1.29 is 8.42 Å². The van der Waals surface area contributed by atoms with Crippen molar-refractivity contribution in [2.45, 2.75) is 19.8 Å². The van der Waals surface area contributed by atoms with Crippen molar-refractivity contribution in [2.24, 2.45) is 5.73 Å². The number of nitrogens with one attached hydrogen (secondary N) is 1. The predicted octanol–water partition coefficient (Wildman–Crippen LogP) is 1.51. The van der Waals surface area contributed by atoms with Crippen molar-refractivity contribution >= 4 is 15.7 Å². The van der Waals surface area contributed by atoms with Crippen LogP contribution in [0.3, 0.4) is 0 Å². The number of rotatable bonds is 5. The van der Waals surface area contributed by atoms with Gasteiger partial charge in [-0.3, -0.25) is 4.72 Å². The Bertz CT molecular complexity index is 426. The van der Waals surface area contributed by atoms with E-state index in [0.717, 1.165) is 5.56 Å². The lowest BCUT2D eigenvalue weighted by Gasteiger charge is -2.10. The summed E-state index contributed by atoms with van der Waals surface area (Å²) in [6, 6.07) is 7.31. The zero-order chi connectivity index (χ0) is 12.2. The molecule has 0 aliphatic rings. The van der Waals surface area contributed by atoms with Gasteiger partial charge in [-0.15, -0.1) is 0 Å². The van der Waals surface area contributed by atoms with Crippen molar-refractivity contribution in [2.75, 3.05) is 17.0 Å². The Labute approximate surface area is 96.9 Å². The molecule has 16 heavy (non-hydrogen) atoms. The summed E-state index contributed by atoms with van der Waals surface area (Å²) in [4.78, 5) is 0. The summed E-state index contributed by atoms with van der Waals surface area (Å²) in [6.45, 7) is 4.22. The molecule has 0 bridgehead atoms. The molecule has 90 valence electrons. The zero-order valence-corrected chi connectivity index (χ0v) is 10.4. The molecular formula is C11H18N2O2S. The Morgan fingerprint density at radius 1 is 1.31 bits per heavy atom. The molecular weight excluding hydrogens is 224 g/mol. The van der Waals surface area contributed by atoms with Crippen LogP contribution >= 0.6 is 0 Å². The van der Waals surface area contributed by atoms with E-state index in [1.807, 2.05) is 19.1 Å². The summed E-state index contributed by atoms with van der Waals surface area (Å²) >= 11 is 0. The summed E-state index contributed by atoms with van der Waals surface area (Å²) in [5.41, 5.74) is 7.26. The first-order valence-electron chi connectivity index (χ1n) is 5.29. The van der Waals surface area contributed by atoms with E-state index in [-0.39, 0.29) is 11.7 Å². The molecule has 0 aliphatic carbocycles. The van der Waals surface area contributed by atoms with Gasteiger partial charge in [0.25, 0.3) is 0 Å². The topological polar surface area (TPSA) is 72.2 Å². The molecule has 0 spiro atoms. The Balaban J connectivity index is 2.80. The maximum absolute atomic E-state index is 11.3. The fourth-order valence-corrected chi connectivity index (χ4v) is 1.91. The highest BCUT2D eigenvalue weighted by molar-refractivity contribution is 7.92. The fourth-order valence-electron chi connectivity index (χ4n) is 1.27. The first-order valence-corrected chi connectivity index (χ1v) is 6.94. The van der Waals surface area contributed by atoms with Crippen molar-refractivity contribution in [3.05, 3.63) is 29.8 Å². The largest absolute Gasteiger partial charge is 0.330 e. The molecule has 0 aromatic heterocycles. The third-order valence-corrected chi connectivity index (χ3v) is 3.79. The molecule has 0 radical (unpaired) electrons. The molecule has 1 atom stereocenters. The summed E-state index contributed by atoms with van der Waals surface area (Å²) in [5, 5.41) is 0. The average molecular weight is 242 g/mol. The minimum atomic E-state index is -3.19. The van der Waals surface area contributed by atoms with E-state index in [1.165, 1.54) is 0 Å². The second-order valence-corrected chi connectivity index (χ2v) is 5.78. The van der Waals surface area contributed by atoms with E-state index in [2.05, 4.69) is 4.72 Å². The highest BCUT2D eigenvalue weighted by atomic mass is 32.2. The number of anilines is 1. The standard InChI is InChI=1S/C11H18N2O2S/c1-3-16(14,15)13-11-6-4-10(5-7-11)9(2)8-12/h4-7,9,13H,3,8,12H2,1-2H3. The van der Waals surface area contributed by atoms with Crippen molar-refractivity contribution in [3.63, 3.8) is 0 Å². The molecule has 4 nitrogen and oxygen atoms in total. The highest BCUT2D eigenvalue weighted by Gasteiger charge is 2.07. The maximum Gasteiger partial charge on any atom is 0.232 e. The normalized spacial score (nSPS) is 13.4. The smallest absolute Gasteiger partial charge is 0.232 e. The van der Waals surface area contributed by atoms with Gasteiger partial charge in [0.15, 0.2) is 0 Å². The first-order chi connectivity index (χ1) is 7.48. The van der Waals surface area contributed by atoms with Crippen LogP contribution in [0.2, 0.25) is 0 Å². The molecule has 0 fully saturated rings. The second kappa shape index (κ2) is 5.32. The Kier molecular flexibility index (Phi) is 4.32. The molecule has 1 aromatic rings. The quantitative estimate of drug-likeness (QED) is 0.822. The lowest BCUT2D eigenvalue weighted by atomic mass is 10.0. The van der Waals surface area contributed by atoms with Gasteiger partial charge in [0, 0.05) is 5.69 Å². The van der Waals surface area contributed by atoms with Crippen LogP contribution < -0.4 is 10.5 Å². The van der Waals surface area contributed by atoms with Crippen LogP contribution in [0.5, 0.6) is 0 Å². The number of hydrogen-bond acceptors (Lipinski definition) is 3. The van der Waals surface area contributed by atoms with Gasteiger partial charge in [-0.25, -0.2) is 8.42 Å². The van der Waals surface area contributed by atoms with Crippen LogP contribution in [0.1, 0.15) is 25.3 Å². The van der Waals surface area contributed by atoms with Crippen molar-refractivity contribution in [1.29, 1.82) is 0 Å². The average Bonchev–Trinajstić information content (AvgIpc) is 2.28. The second-order valence-electron chi connectivity index (χ2n) is 3.76. The molecule has 0 aliphatic heterocycles. The van der Waals surface area contributed by atoms with Crippen molar-refractivity contribution in [3.8, 4) is 0 Å². The third-order valence-electron chi connectivity index (χ3n) is 2.49. The number of sulfonamides is 1. The van der Waals surface area contributed by atoms with E-state index >= 15 is 0 Å². The van der Waals surface area contributed by atoms with E-state index < -0.39 is 10.0 Å². The lowest BCUT2D eigenvalue weighted by Crippen LogP contribution is -2.14. The Hall–Kier alpha value is -1.07. The lowest BCUT2D eigenvalue weighted by molar-refractivity contribution is 0.602. The Morgan fingerprint density at radius 3 is 2.31 bits per heavy atom. The molecule has 1 unspecified atom stereocenters. The predicted molar refractivity (Wildman–Crippen MR) is 67.0 cm³/mol. The molecule has 3 N–H and O–H groups in total. The van der Waals surface area contributed by atoms with Gasteiger partial charge in [-0.05, 0) is 37.1 Å². The van der Waals surface area contributed by atoms with Gasteiger partial charge in [0.05, 0.1) is 5.75 Å². The molecule has 0 heterocycles. The SMILES string of the molecule is CCS(=O)(=O)Nc1ccc(C(C)CN)cc1. The van der Waals surface area contributed by atoms with Crippen molar-refractivity contribution in [1.82, 2.24) is 0 Å². The molecule has 0 amide bonds. The monoisotopic (exact) mass is 242 g/mol. The van der Waals surface area contributed by atoms with E-state index in [0.29, 0.717) is 12.2 Å².